The zero-order valence-electron chi connectivity index (χ0n) is 7.41. The summed E-state index contributed by atoms with van der Waals surface area (Å²) in [4.78, 5) is 15.3. The first-order valence-corrected chi connectivity index (χ1v) is 4.60. The van der Waals surface area contributed by atoms with Crippen LogP contribution in [0.3, 0.4) is 0 Å². The lowest BCUT2D eigenvalue weighted by atomic mass is 10.5. The van der Waals surface area contributed by atoms with Crippen LogP contribution in [-0.4, -0.2) is 18.3 Å². The zero-order chi connectivity index (χ0) is 9.40. The third-order valence-electron chi connectivity index (χ3n) is 1.07. The van der Waals surface area contributed by atoms with Gasteiger partial charge in [-0.05, 0) is 26.6 Å². The molecule has 0 unspecified atom stereocenters. The van der Waals surface area contributed by atoms with Crippen molar-refractivity contribution in [1.82, 2.24) is 0 Å². The third-order valence-corrected chi connectivity index (χ3v) is 2.33. The Balaban J connectivity index is 3.93. The summed E-state index contributed by atoms with van der Waals surface area (Å²) in [6.07, 6.45) is 5.39. The van der Waals surface area contributed by atoms with Gasteiger partial charge in [-0.2, -0.15) is 0 Å². The number of ketones is 1. The maximum absolute atomic E-state index is 10.6. The van der Waals surface area contributed by atoms with Crippen molar-refractivity contribution < 1.29 is 4.79 Å². The smallest absolute Gasteiger partial charge is 0.140 e. The van der Waals surface area contributed by atoms with Crippen molar-refractivity contribution in [2.75, 3.05) is 5.75 Å². The Bertz CT molecular complexity index is 219. The molecular formula is C9H13NOS. The number of Topliss-reactive ketones (excluding diaryl/α,β-unsaturated/α-hetero) is 1. The maximum Gasteiger partial charge on any atom is 0.140 e. The number of thioether (sulfide) groups is 1. The summed E-state index contributed by atoms with van der Waals surface area (Å²) in [5.74, 6) is 0.695. The molecule has 0 aromatic rings. The summed E-state index contributed by atoms with van der Waals surface area (Å²) in [6, 6.07) is 0. The Morgan fingerprint density at radius 1 is 1.67 bits per heavy atom. The molecule has 2 nitrogen and oxygen atoms in total. The summed E-state index contributed by atoms with van der Waals surface area (Å²) >= 11 is 1.51. The Hall–Kier alpha value is -0.830. The number of aliphatic imine (C=N–C) groups is 1. The second kappa shape index (κ2) is 6.85. The molecule has 0 aromatic heterocycles. The average molecular weight is 183 g/mol. The van der Waals surface area contributed by atoms with Crippen molar-refractivity contribution in [3.05, 3.63) is 23.3 Å². The Labute approximate surface area is 77.5 Å². The van der Waals surface area contributed by atoms with Crippen LogP contribution in [0.4, 0.5) is 0 Å². The van der Waals surface area contributed by atoms with E-state index in [2.05, 4.69) is 11.7 Å². The van der Waals surface area contributed by atoms with Crippen molar-refractivity contribution in [3.8, 4) is 0 Å². The third kappa shape index (κ3) is 5.92. The topological polar surface area (TPSA) is 29.4 Å². The van der Waals surface area contributed by atoms with E-state index in [-0.39, 0.29) is 5.78 Å². The fraction of sp³-hybridized carbons (Fsp3) is 0.333. The standard InChI is InChI=1S/C9H13NOS/c1-4-9(5-6-10-3)12-7-8(2)11/h4-6H,3,7H2,1-2H3/b6-5-,9-4+. The van der Waals surface area contributed by atoms with Gasteiger partial charge in [0.2, 0.25) is 0 Å². The van der Waals surface area contributed by atoms with Crippen LogP contribution in [0.15, 0.2) is 28.2 Å². The molecule has 3 heteroatoms. The molecule has 0 fully saturated rings. The minimum absolute atomic E-state index is 0.180. The van der Waals surface area contributed by atoms with Gasteiger partial charge >= 0.3 is 0 Å². The highest BCUT2D eigenvalue weighted by Gasteiger charge is 1.95. The molecule has 0 N–H and O–H groups in total. The summed E-state index contributed by atoms with van der Waals surface area (Å²) < 4.78 is 0. The second-order valence-corrected chi connectivity index (χ2v) is 3.23. The van der Waals surface area contributed by atoms with Gasteiger partial charge in [0.05, 0.1) is 5.75 Å². The molecule has 0 aliphatic heterocycles. The van der Waals surface area contributed by atoms with Crippen LogP contribution in [0.1, 0.15) is 13.8 Å². The van der Waals surface area contributed by atoms with E-state index in [1.165, 1.54) is 11.8 Å². The van der Waals surface area contributed by atoms with Crippen LogP contribution in [0.25, 0.3) is 0 Å². The molecule has 0 rings (SSSR count). The van der Waals surface area contributed by atoms with Crippen molar-refractivity contribution >= 4 is 24.3 Å². The molecule has 66 valence electrons. The van der Waals surface area contributed by atoms with Gasteiger partial charge in [0, 0.05) is 11.1 Å². The molecule has 0 aromatic carbocycles. The first-order valence-electron chi connectivity index (χ1n) is 3.61. The summed E-state index contributed by atoms with van der Waals surface area (Å²) in [7, 11) is 0. The molecule has 0 radical (unpaired) electrons. The molecule has 0 aliphatic carbocycles. The first-order chi connectivity index (χ1) is 5.70. The highest BCUT2D eigenvalue weighted by molar-refractivity contribution is 8.03. The van der Waals surface area contributed by atoms with Crippen molar-refractivity contribution in [2.24, 2.45) is 4.99 Å². The largest absolute Gasteiger partial charge is 0.299 e. The van der Waals surface area contributed by atoms with Crippen LogP contribution in [0.5, 0.6) is 0 Å². The number of carbonyl (C=O) groups excluding carboxylic acids is 1. The lowest BCUT2D eigenvalue weighted by Crippen LogP contribution is -1.92. The molecule has 0 amide bonds. The van der Waals surface area contributed by atoms with E-state index in [9.17, 15) is 4.79 Å². The Kier molecular flexibility index (Phi) is 6.38. The fourth-order valence-corrected chi connectivity index (χ4v) is 1.23. The number of rotatable bonds is 5. The predicted molar refractivity (Wildman–Crippen MR) is 55.6 cm³/mol. The van der Waals surface area contributed by atoms with Gasteiger partial charge in [-0.25, -0.2) is 0 Å². The van der Waals surface area contributed by atoms with Crippen LogP contribution < -0.4 is 0 Å². The summed E-state index contributed by atoms with van der Waals surface area (Å²) in [5.41, 5.74) is 0. The number of hydrogen-bond donors (Lipinski definition) is 0. The number of allylic oxidation sites excluding steroid dienone is 2. The Morgan fingerprint density at radius 2 is 2.33 bits per heavy atom. The monoisotopic (exact) mass is 183 g/mol. The van der Waals surface area contributed by atoms with Gasteiger partial charge in [-0.15, -0.1) is 11.8 Å². The molecule has 0 aliphatic rings. The fourth-order valence-electron chi connectivity index (χ4n) is 0.539. The van der Waals surface area contributed by atoms with E-state index < -0.39 is 0 Å². The minimum atomic E-state index is 0.180. The molecule has 0 bridgehead atoms. The van der Waals surface area contributed by atoms with Gasteiger partial charge in [0.25, 0.3) is 0 Å². The van der Waals surface area contributed by atoms with E-state index in [4.69, 9.17) is 0 Å². The lowest BCUT2D eigenvalue weighted by Gasteiger charge is -1.96. The number of carbonyl (C=O) groups is 1. The molecule has 12 heavy (non-hydrogen) atoms. The molecular weight excluding hydrogens is 170 g/mol. The normalized spacial score (nSPS) is 12.0. The van der Waals surface area contributed by atoms with Gasteiger partial charge in [0.1, 0.15) is 5.78 Å². The first kappa shape index (κ1) is 11.2. The van der Waals surface area contributed by atoms with E-state index in [0.717, 1.165) is 4.91 Å². The highest BCUT2D eigenvalue weighted by Crippen LogP contribution is 2.16. The number of hydrogen-bond acceptors (Lipinski definition) is 3. The van der Waals surface area contributed by atoms with E-state index in [1.54, 1.807) is 13.1 Å². The van der Waals surface area contributed by atoms with Gasteiger partial charge < -0.3 is 0 Å². The van der Waals surface area contributed by atoms with Crippen LogP contribution in [-0.2, 0) is 4.79 Å². The minimum Gasteiger partial charge on any atom is -0.299 e. The van der Waals surface area contributed by atoms with E-state index in [1.807, 2.05) is 19.1 Å². The van der Waals surface area contributed by atoms with Crippen LogP contribution in [0, 0.1) is 0 Å². The van der Waals surface area contributed by atoms with E-state index >= 15 is 0 Å². The summed E-state index contributed by atoms with van der Waals surface area (Å²) in [6.45, 7) is 6.83. The average Bonchev–Trinajstić information content (AvgIpc) is 2.05. The van der Waals surface area contributed by atoms with Gasteiger partial charge in [-0.3, -0.25) is 9.79 Å². The van der Waals surface area contributed by atoms with Crippen molar-refractivity contribution in [1.29, 1.82) is 0 Å². The second-order valence-electron chi connectivity index (χ2n) is 2.18. The number of nitrogens with zero attached hydrogens (tertiary/aromatic N) is 1. The predicted octanol–water partition coefficient (Wildman–Crippen LogP) is 2.43. The SMILES string of the molecule is C=N/C=C\C(=C/C)SCC(C)=O. The molecule has 0 spiro atoms. The molecule has 0 heterocycles. The van der Waals surface area contributed by atoms with Gasteiger partial charge in [0.15, 0.2) is 0 Å². The summed E-state index contributed by atoms with van der Waals surface area (Å²) in [5, 5.41) is 0. The quantitative estimate of drug-likeness (QED) is 0.484. The van der Waals surface area contributed by atoms with Crippen LogP contribution in [0.2, 0.25) is 0 Å². The maximum atomic E-state index is 10.6. The van der Waals surface area contributed by atoms with E-state index in [0.29, 0.717) is 5.75 Å². The molecule has 0 saturated carbocycles. The lowest BCUT2D eigenvalue weighted by molar-refractivity contribution is -0.114. The van der Waals surface area contributed by atoms with Crippen molar-refractivity contribution in [2.45, 2.75) is 13.8 Å². The Morgan fingerprint density at radius 3 is 2.75 bits per heavy atom. The highest BCUT2D eigenvalue weighted by atomic mass is 32.2. The zero-order valence-corrected chi connectivity index (χ0v) is 8.23. The van der Waals surface area contributed by atoms with Crippen LogP contribution >= 0.6 is 11.8 Å². The van der Waals surface area contributed by atoms with Crippen molar-refractivity contribution in [3.63, 3.8) is 0 Å². The molecule has 0 saturated heterocycles. The molecule has 0 atom stereocenters. The van der Waals surface area contributed by atoms with Gasteiger partial charge in [-0.1, -0.05) is 6.08 Å².